The van der Waals surface area contributed by atoms with Gasteiger partial charge in [-0.2, -0.15) is 13.2 Å². The van der Waals surface area contributed by atoms with E-state index in [0.29, 0.717) is 0 Å². The number of carbonyl (C=O) groups is 1. The van der Waals surface area contributed by atoms with Gasteiger partial charge in [0.25, 0.3) is 0 Å². The highest BCUT2D eigenvalue weighted by atomic mass is 19.4. The van der Waals surface area contributed by atoms with Crippen LogP contribution in [0.3, 0.4) is 0 Å². The predicted octanol–water partition coefficient (Wildman–Crippen LogP) is 1.00. The summed E-state index contributed by atoms with van der Waals surface area (Å²) >= 11 is 0. The zero-order valence-corrected chi connectivity index (χ0v) is 6.48. The molecule has 0 aliphatic rings. The summed E-state index contributed by atoms with van der Waals surface area (Å²) in [6.07, 6.45) is -4.23. The molecule has 0 amide bonds. The van der Waals surface area contributed by atoms with Gasteiger partial charge in [0.15, 0.2) is 0 Å². The van der Waals surface area contributed by atoms with E-state index in [1.807, 2.05) is 5.32 Å². The molecule has 0 radical (unpaired) electrons. The Hall–Kier alpha value is -0.780. The fourth-order valence-electron chi connectivity index (χ4n) is 0.645. The maximum absolute atomic E-state index is 11.6. The number of carboxylic acids is 1. The average Bonchev–Trinajstić information content (AvgIpc) is 1.85. The predicted molar refractivity (Wildman–Crippen MR) is 35.8 cm³/mol. The minimum absolute atomic E-state index is 0.130. The molecule has 2 N–H and O–H groups in total. The van der Waals surface area contributed by atoms with Crippen molar-refractivity contribution in [1.82, 2.24) is 5.32 Å². The van der Waals surface area contributed by atoms with Crippen LogP contribution in [0.25, 0.3) is 0 Å². The smallest absolute Gasteiger partial charge is 0.401 e. The maximum atomic E-state index is 11.6. The Morgan fingerprint density at radius 2 is 2.08 bits per heavy atom. The van der Waals surface area contributed by atoms with Crippen LogP contribution in [0.15, 0.2) is 0 Å². The van der Waals surface area contributed by atoms with Crippen LogP contribution < -0.4 is 5.32 Å². The average molecular weight is 185 g/mol. The SMILES string of the molecule is CCC(NCC(F)(F)F)C(=O)O. The van der Waals surface area contributed by atoms with E-state index in [2.05, 4.69) is 0 Å². The summed E-state index contributed by atoms with van der Waals surface area (Å²) in [7, 11) is 0. The highest BCUT2D eigenvalue weighted by Crippen LogP contribution is 2.12. The van der Waals surface area contributed by atoms with Crippen LogP contribution in [-0.2, 0) is 4.79 Å². The number of nitrogens with one attached hydrogen (secondary N) is 1. The number of hydrogen-bond acceptors (Lipinski definition) is 2. The molecule has 6 heteroatoms. The fourth-order valence-corrected chi connectivity index (χ4v) is 0.645. The van der Waals surface area contributed by atoms with Crippen molar-refractivity contribution in [2.24, 2.45) is 0 Å². The van der Waals surface area contributed by atoms with E-state index >= 15 is 0 Å². The first-order valence-corrected chi connectivity index (χ1v) is 3.39. The lowest BCUT2D eigenvalue weighted by Crippen LogP contribution is -2.41. The van der Waals surface area contributed by atoms with Crippen LogP contribution in [-0.4, -0.2) is 29.8 Å². The van der Waals surface area contributed by atoms with Crippen molar-refractivity contribution in [2.75, 3.05) is 6.54 Å². The number of carboxylic acid groups (broad SMARTS) is 1. The third-order valence-electron chi connectivity index (χ3n) is 1.26. The summed E-state index contributed by atoms with van der Waals surface area (Å²) in [5.74, 6) is -1.26. The van der Waals surface area contributed by atoms with E-state index < -0.39 is 24.7 Å². The molecule has 12 heavy (non-hydrogen) atoms. The van der Waals surface area contributed by atoms with E-state index in [1.54, 1.807) is 0 Å². The monoisotopic (exact) mass is 185 g/mol. The second-order valence-electron chi connectivity index (χ2n) is 2.30. The van der Waals surface area contributed by atoms with Crippen LogP contribution in [0.5, 0.6) is 0 Å². The third kappa shape index (κ3) is 4.95. The third-order valence-corrected chi connectivity index (χ3v) is 1.26. The van der Waals surface area contributed by atoms with Crippen molar-refractivity contribution in [3.63, 3.8) is 0 Å². The Labute approximate surface area is 67.6 Å². The molecule has 0 spiro atoms. The molecule has 3 nitrogen and oxygen atoms in total. The molecular formula is C6H10F3NO2. The number of hydrogen-bond donors (Lipinski definition) is 2. The Morgan fingerprint density at radius 3 is 2.33 bits per heavy atom. The summed E-state index contributed by atoms with van der Waals surface area (Å²) in [4.78, 5) is 10.2. The van der Waals surface area contributed by atoms with Gasteiger partial charge in [-0.05, 0) is 6.42 Å². The minimum atomic E-state index is -4.36. The first kappa shape index (κ1) is 11.2. The van der Waals surface area contributed by atoms with Gasteiger partial charge in [-0.25, -0.2) is 0 Å². The number of aliphatic carboxylic acids is 1. The molecule has 0 aliphatic carbocycles. The lowest BCUT2D eigenvalue weighted by molar-refractivity contribution is -0.143. The lowest BCUT2D eigenvalue weighted by atomic mass is 10.2. The second-order valence-corrected chi connectivity index (χ2v) is 2.30. The van der Waals surface area contributed by atoms with Crippen molar-refractivity contribution >= 4 is 5.97 Å². The molecule has 0 saturated heterocycles. The van der Waals surface area contributed by atoms with Crippen LogP contribution in [0.2, 0.25) is 0 Å². The zero-order valence-electron chi connectivity index (χ0n) is 6.48. The molecule has 0 aliphatic heterocycles. The van der Waals surface area contributed by atoms with E-state index in [4.69, 9.17) is 5.11 Å². The zero-order chi connectivity index (χ0) is 9.78. The Bertz CT molecular complexity index is 157. The van der Waals surface area contributed by atoms with Gasteiger partial charge < -0.3 is 5.11 Å². The number of alkyl halides is 3. The van der Waals surface area contributed by atoms with Crippen molar-refractivity contribution in [2.45, 2.75) is 25.6 Å². The summed E-state index contributed by atoms with van der Waals surface area (Å²) in [5.41, 5.74) is 0. The van der Waals surface area contributed by atoms with Gasteiger partial charge in [0.2, 0.25) is 0 Å². The Morgan fingerprint density at radius 1 is 1.58 bits per heavy atom. The fraction of sp³-hybridized carbons (Fsp3) is 0.833. The van der Waals surface area contributed by atoms with E-state index in [-0.39, 0.29) is 6.42 Å². The van der Waals surface area contributed by atoms with Crippen LogP contribution in [0.4, 0.5) is 13.2 Å². The topological polar surface area (TPSA) is 49.3 Å². The molecular weight excluding hydrogens is 175 g/mol. The van der Waals surface area contributed by atoms with Crippen molar-refractivity contribution in [3.8, 4) is 0 Å². The summed E-state index contributed by atoms with van der Waals surface area (Å²) < 4.78 is 34.7. The molecule has 0 aromatic rings. The largest absolute Gasteiger partial charge is 0.480 e. The molecule has 0 bridgehead atoms. The first-order chi connectivity index (χ1) is 5.37. The van der Waals surface area contributed by atoms with Gasteiger partial charge in [0.1, 0.15) is 6.04 Å². The van der Waals surface area contributed by atoms with Gasteiger partial charge in [0, 0.05) is 0 Å². The lowest BCUT2D eigenvalue weighted by Gasteiger charge is -2.13. The standard InChI is InChI=1S/C6H10F3NO2/c1-2-4(5(11)12)10-3-6(7,8)9/h4,10H,2-3H2,1H3,(H,11,12). The van der Waals surface area contributed by atoms with Gasteiger partial charge in [-0.15, -0.1) is 0 Å². The van der Waals surface area contributed by atoms with E-state index in [9.17, 15) is 18.0 Å². The number of rotatable bonds is 4. The summed E-state index contributed by atoms with van der Waals surface area (Å²) in [6.45, 7) is 0.236. The summed E-state index contributed by atoms with van der Waals surface area (Å²) in [5, 5.41) is 10.2. The molecule has 72 valence electrons. The van der Waals surface area contributed by atoms with Crippen molar-refractivity contribution in [3.05, 3.63) is 0 Å². The molecule has 0 saturated carbocycles. The van der Waals surface area contributed by atoms with Gasteiger partial charge in [-0.3, -0.25) is 10.1 Å². The minimum Gasteiger partial charge on any atom is -0.480 e. The van der Waals surface area contributed by atoms with Gasteiger partial charge >= 0.3 is 12.1 Å². The van der Waals surface area contributed by atoms with Crippen molar-refractivity contribution < 1.29 is 23.1 Å². The Kier molecular flexibility index (Phi) is 4.02. The van der Waals surface area contributed by atoms with Gasteiger partial charge in [0.05, 0.1) is 6.54 Å². The van der Waals surface area contributed by atoms with Crippen LogP contribution in [0.1, 0.15) is 13.3 Å². The highest BCUT2D eigenvalue weighted by molar-refractivity contribution is 5.73. The maximum Gasteiger partial charge on any atom is 0.401 e. The normalized spacial score (nSPS) is 14.3. The molecule has 0 aromatic carbocycles. The molecule has 1 unspecified atom stereocenters. The van der Waals surface area contributed by atoms with Gasteiger partial charge in [-0.1, -0.05) is 6.92 Å². The van der Waals surface area contributed by atoms with Crippen molar-refractivity contribution in [1.29, 1.82) is 0 Å². The summed E-state index contributed by atoms with van der Waals surface area (Å²) in [6, 6.07) is -1.12. The quantitative estimate of drug-likeness (QED) is 0.687. The molecule has 0 rings (SSSR count). The number of halogens is 3. The highest BCUT2D eigenvalue weighted by Gasteiger charge is 2.29. The van der Waals surface area contributed by atoms with E-state index in [1.165, 1.54) is 6.92 Å². The molecule has 0 aromatic heterocycles. The second kappa shape index (κ2) is 4.30. The molecule has 1 atom stereocenters. The van der Waals surface area contributed by atoms with Crippen LogP contribution in [0, 0.1) is 0 Å². The first-order valence-electron chi connectivity index (χ1n) is 3.39. The van der Waals surface area contributed by atoms with Crippen LogP contribution >= 0.6 is 0 Å². The van der Waals surface area contributed by atoms with E-state index in [0.717, 1.165) is 0 Å². The molecule has 0 heterocycles. The molecule has 0 fully saturated rings. The Balaban J connectivity index is 3.81.